The van der Waals surface area contributed by atoms with Crippen LogP contribution in [-0.4, -0.2) is 27.8 Å². The van der Waals surface area contributed by atoms with Crippen LogP contribution in [0.1, 0.15) is 18.5 Å². The molecule has 0 aromatic carbocycles. The molecule has 0 amide bonds. The normalized spacial score (nSPS) is 16.9. The number of rotatable bonds is 3. The molecule has 0 saturated heterocycles. The van der Waals surface area contributed by atoms with Crippen molar-refractivity contribution >= 4 is 11.7 Å². The van der Waals surface area contributed by atoms with E-state index in [1.807, 2.05) is 0 Å². The molecule has 7 heteroatoms. The molecule has 0 unspecified atom stereocenters. The first-order valence-electron chi connectivity index (χ1n) is 4.81. The smallest absolute Gasteiger partial charge is 0.333 e. The number of aromatic nitrogens is 2. The van der Waals surface area contributed by atoms with Crippen LogP contribution in [0.15, 0.2) is 6.20 Å². The Kier molecular flexibility index (Phi) is 2.18. The van der Waals surface area contributed by atoms with E-state index in [4.69, 9.17) is 0 Å². The molecule has 86 valence electrons. The van der Waals surface area contributed by atoms with Crippen molar-refractivity contribution in [1.82, 2.24) is 9.78 Å². The van der Waals surface area contributed by atoms with Crippen molar-refractivity contribution in [3.05, 3.63) is 22.0 Å². The van der Waals surface area contributed by atoms with Gasteiger partial charge in [0, 0.05) is 0 Å². The first kappa shape index (κ1) is 10.6. The van der Waals surface area contributed by atoms with Gasteiger partial charge in [-0.2, -0.15) is 5.10 Å². The van der Waals surface area contributed by atoms with E-state index in [-0.39, 0.29) is 5.69 Å². The summed E-state index contributed by atoms with van der Waals surface area (Å²) in [4.78, 5) is 21.7. The summed E-state index contributed by atoms with van der Waals surface area (Å²) in [6.07, 6.45) is 2.39. The average Bonchev–Trinajstić information content (AvgIpc) is 2.96. The first-order chi connectivity index (χ1) is 7.53. The van der Waals surface area contributed by atoms with E-state index in [1.54, 1.807) is 6.92 Å². The summed E-state index contributed by atoms with van der Waals surface area (Å²) < 4.78 is 6.09. The number of nitro groups is 1. The van der Waals surface area contributed by atoms with Gasteiger partial charge in [-0.15, -0.1) is 0 Å². The van der Waals surface area contributed by atoms with Crippen LogP contribution in [0.25, 0.3) is 0 Å². The zero-order valence-electron chi connectivity index (χ0n) is 8.97. The highest BCUT2D eigenvalue weighted by molar-refractivity contribution is 5.82. The summed E-state index contributed by atoms with van der Waals surface area (Å²) in [7, 11) is 1.30. The van der Waals surface area contributed by atoms with Crippen molar-refractivity contribution in [1.29, 1.82) is 0 Å². The fourth-order valence-electron chi connectivity index (χ4n) is 1.82. The zero-order chi connectivity index (χ0) is 11.9. The highest BCUT2D eigenvalue weighted by atomic mass is 16.6. The predicted octanol–water partition coefficient (Wildman–Crippen LogP) is 0.762. The Morgan fingerprint density at radius 1 is 1.69 bits per heavy atom. The van der Waals surface area contributed by atoms with Gasteiger partial charge in [0.2, 0.25) is 0 Å². The zero-order valence-corrected chi connectivity index (χ0v) is 8.97. The summed E-state index contributed by atoms with van der Waals surface area (Å²) in [5.74, 6) is -0.395. The molecule has 1 heterocycles. The highest BCUT2D eigenvalue weighted by Gasteiger charge is 2.55. The molecule has 1 aromatic heterocycles. The second-order valence-electron chi connectivity index (χ2n) is 3.81. The summed E-state index contributed by atoms with van der Waals surface area (Å²) in [6.45, 7) is 1.58. The van der Waals surface area contributed by atoms with Crippen LogP contribution in [0.4, 0.5) is 5.69 Å². The van der Waals surface area contributed by atoms with Crippen molar-refractivity contribution < 1.29 is 14.5 Å². The van der Waals surface area contributed by atoms with Crippen LogP contribution < -0.4 is 0 Å². The minimum Gasteiger partial charge on any atom is -0.467 e. The molecular weight excluding hydrogens is 214 g/mol. The SMILES string of the molecule is COC(=O)C1(n2ncc([N+](=O)[O-])c2C)CC1. The van der Waals surface area contributed by atoms with E-state index >= 15 is 0 Å². The molecule has 1 aromatic rings. The van der Waals surface area contributed by atoms with Gasteiger partial charge in [0.15, 0.2) is 5.54 Å². The van der Waals surface area contributed by atoms with Gasteiger partial charge in [-0.3, -0.25) is 10.1 Å². The Morgan fingerprint density at radius 2 is 2.31 bits per heavy atom. The van der Waals surface area contributed by atoms with E-state index in [2.05, 4.69) is 9.84 Å². The summed E-state index contributed by atoms with van der Waals surface area (Å²) in [6, 6.07) is 0. The lowest BCUT2D eigenvalue weighted by atomic mass is 10.2. The van der Waals surface area contributed by atoms with Crippen molar-refractivity contribution in [3.63, 3.8) is 0 Å². The van der Waals surface area contributed by atoms with E-state index in [0.29, 0.717) is 18.5 Å². The minimum absolute atomic E-state index is 0.0739. The number of carbonyl (C=O) groups excluding carboxylic acids is 1. The predicted molar refractivity (Wildman–Crippen MR) is 52.8 cm³/mol. The molecule has 0 radical (unpaired) electrons. The Bertz CT molecular complexity index is 461. The van der Waals surface area contributed by atoms with Crippen LogP contribution in [0, 0.1) is 17.0 Å². The molecule has 1 aliphatic rings. The first-order valence-corrected chi connectivity index (χ1v) is 4.81. The molecule has 7 nitrogen and oxygen atoms in total. The van der Waals surface area contributed by atoms with Gasteiger partial charge in [-0.05, 0) is 19.8 Å². The number of hydrogen-bond acceptors (Lipinski definition) is 5. The third kappa shape index (κ3) is 1.28. The Labute approximate surface area is 91.2 Å². The largest absolute Gasteiger partial charge is 0.467 e. The number of carbonyl (C=O) groups is 1. The van der Waals surface area contributed by atoms with Crippen molar-refractivity contribution in [3.8, 4) is 0 Å². The van der Waals surface area contributed by atoms with Crippen molar-refractivity contribution in [2.24, 2.45) is 0 Å². The van der Waals surface area contributed by atoms with Gasteiger partial charge in [0.25, 0.3) is 0 Å². The van der Waals surface area contributed by atoms with Crippen LogP contribution in [0.5, 0.6) is 0 Å². The van der Waals surface area contributed by atoms with Crippen LogP contribution >= 0.6 is 0 Å². The lowest BCUT2D eigenvalue weighted by Crippen LogP contribution is -2.30. The molecule has 2 rings (SSSR count). The van der Waals surface area contributed by atoms with Crippen LogP contribution in [0.3, 0.4) is 0 Å². The maximum atomic E-state index is 11.6. The maximum Gasteiger partial charge on any atom is 0.333 e. The molecule has 0 aliphatic heterocycles. The number of hydrogen-bond donors (Lipinski definition) is 0. The maximum absolute atomic E-state index is 11.6. The van der Waals surface area contributed by atoms with E-state index in [1.165, 1.54) is 18.0 Å². The summed E-state index contributed by atoms with van der Waals surface area (Å²) in [5, 5.41) is 14.6. The number of esters is 1. The summed E-state index contributed by atoms with van der Waals surface area (Å²) in [5.41, 5.74) is -0.504. The molecule has 0 bridgehead atoms. The highest BCUT2D eigenvalue weighted by Crippen LogP contribution is 2.45. The standard InChI is InChI=1S/C9H11N3O4/c1-6-7(12(14)15)5-10-11(6)9(3-4-9)8(13)16-2/h5H,3-4H2,1-2H3. The lowest BCUT2D eigenvalue weighted by Gasteiger charge is -2.14. The van der Waals surface area contributed by atoms with Gasteiger partial charge in [-0.25, -0.2) is 9.48 Å². The second-order valence-corrected chi connectivity index (χ2v) is 3.81. The van der Waals surface area contributed by atoms with E-state index in [0.717, 1.165) is 0 Å². The number of methoxy groups -OCH3 is 1. The molecule has 1 aliphatic carbocycles. The second kappa shape index (κ2) is 3.29. The minimum atomic E-state index is -0.812. The van der Waals surface area contributed by atoms with Gasteiger partial charge in [-0.1, -0.05) is 0 Å². The Hall–Kier alpha value is -1.92. The molecular formula is C9H11N3O4. The third-order valence-corrected chi connectivity index (χ3v) is 2.87. The van der Waals surface area contributed by atoms with Crippen molar-refractivity contribution in [2.45, 2.75) is 25.3 Å². The van der Waals surface area contributed by atoms with E-state index in [9.17, 15) is 14.9 Å². The van der Waals surface area contributed by atoms with E-state index < -0.39 is 16.4 Å². The topological polar surface area (TPSA) is 87.3 Å². The Balaban J connectivity index is 2.42. The van der Waals surface area contributed by atoms with Gasteiger partial charge in [0.1, 0.15) is 11.9 Å². The summed E-state index contributed by atoms with van der Waals surface area (Å²) >= 11 is 0. The number of nitrogens with zero attached hydrogens (tertiary/aromatic N) is 3. The molecule has 0 atom stereocenters. The van der Waals surface area contributed by atoms with Crippen LogP contribution in [0.2, 0.25) is 0 Å². The average molecular weight is 225 g/mol. The van der Waals surface area contributed by atoms with Gasteiger partial charge >= 0.3 is 11.7 Å². The van der Waals surface area contributed by atoms with Crippen LogP contribution in [-0.2, 0) is 15.1 Å². The molecule has 1 fully saturated rings. The fraction of sp³-hybridized carbons (Fsp3) is 0.556. The molecule has 0 spiro atoms. The third-order valence-electron chi connectivity index (χ3n) is 2.87. The van der Waals surface area contributed by atoms with Gasteiger partial charge < -0.3 is 4.74 Å². The monoisotopic (exact) mass is 225 g/mol. The van der Waals surface area contributed by atoms with Crippen molar-refractivity contribution in [2.75, 3.05) is 7.11 Å². The molecule has 0 N–H and O–H groups in total. The quantitative estimate of drug-likeness (QED) is 0.430. The lowest BCUT2D eigenvalue weighted by molar-refractivity contribution is -0.385. The fourth-order valence-corrected chi connectivity index (χ4v) is 1.82. The Morgan fingerprint density at radius 3 is 2.69 bits per heavy atom. The van der Waals surface area contributed by atoms with Gasteiger partial charge in [0.05, 0.1) is 12.0 Å². The molecule has 16 heavy (non-hydrogen) atoms. The molecule has 1 saturated carbocycles. The number of ether oxygens (including phenoxy) is 1.